The first-order valence-corrected chi connectivity index (χ1v) is 5.64. The summed E-state index contributed by atoms with van der Waals surface area (Å²) in [4.78, 5) is 4.36. The van der Waals surface area contributed by atoms with Crippen LogP contribution in [0.25, 0.3) is 11.4 Å². The third-order valence-electron chi connectivity index (χ3n) is 2.26. The number of rotatable bonds is 2. The van der Waals surface area contributed by atoms with Crippen molar-refractivity contribution in [2.24, 2.45) is 0 Å². The van der Waals surface area contributed by atoms with Crippen LogP contribution in [0.4, 0.5) is 5.82 Å². The Morgan fingerprint density at radius 2 is 2.12 bits per heavy atom. The number of halogens is 1. The van der Waals surface area contributed by atoms with Crippen molar-refractivity contribution in [1.29, 1.82) is 0 Å². The number of nitrogens with zero attached hydrogens (tertiary/aromatic N) is 3. The van der Waals surface area contributed by atoms with Crippen LogP contribution >= 0.6 is 15.9 Å². The monoisotopic (exact) mass is 278 g/mol. The maximum absolute atomic E-state index is 4.36. The molecule has 16 heavy (non-hydrogen) atoms. The SMILES string of the molecule is CNc1cnnc(-c2cc(Br)ccc2C)n1. The molecule has 2 rings (SSSR count). The van der Waals surface area contributed by atoms with E-state index in [0.29, 0.717) is 11.6 Å². The second-order valence-corrected chi connectivity index (χ2v) is 4.29. The van der Waals surface area contributed by atoms with E-state index in [4.69, 9.17) is 0 Å². The first-order chi connectivity index (χ1) is 7.70. The normalized spacial score (nSPS) is 10.2. The highest BCUT2D eigenvalue weighted by atomic mass is 79.9. The summed E-state index contributed by atoms with van der Waals surface area (Å²) in [5.74, 6) is 1.34. The van der Waals surface area contributed by atoms with E-state index in [9.17, 15) is 0 Å². The topological polar surface area (TPSA) is 50.7 Å². The van der Waals surface area contributed by atoms with Crippen LogP contribution in [0.15, 0.2) is 28.9 Å². The number of aromatic nitrogens is 3. The van der Waals surface area contributed by atoms with Crippen LogP contribution in [0.5, 0.6) is 0 Å². The number of nitrogens with one attached hydrogen (secondary N) is 1. The van der Waals surface area contributed by atoms with Crippen molar-refractivity contribution in [2.75, 3.05) is 12.4 Å². The molecule has 0 aliphatic heterocycles. The Balaban J connectivity index is 2.53. The lowest BCUT2D eigenvalue weighted by molar-refractivity contribution is 0.979. The average molecular weight is 279 g/mol. The van der Waals surface area contributed by atoms with E-state index in [2.05, 4.69) is 36.4 Å². The van der Waals surface area contributed by atoms with Crippen LogP contribution in [-0.2, 0) is 0 Å². The summed E-state index contributed by atoms with van der Waals surface area (Å²) >= 11 is 3.44. The van der Waals surface area contributed by atoms with Crippen molar-refractivity contribution in [3.05, 3.63) is 34.4 Å². The predicted octanol–water partition coefficient (Wildman–Crippen LogP) is 2.65. The fourth-order valence-electron chi connectivity index (χ4n) is 1.37. The van der Waals surface area contributed by atoms with Gasteiger partial charge >= 0.3 is 0 Å². The molecule has 2 aromatic rings. The Morgan fingerprint density at radius 3 is 2.88 bits per heavy atom. The standard InChI is InChI=1S/C11H11BrN4/c1-7-3-4-8(12)5-9(7)11-15-10(13-2)6-14-16-11/h3-6H,1-2H3,(H,13,15,16). The molecule has 82 valence electrons. The number of anilines is 1. The molecule has 0 radical (unpaired) electrons. The minimum absolute atomic E-state index is 0.630. The van der Waals surface area contributed by atoms with Gasteiger partial charge in [-0.15, -0.1) is 5.10 Å². The highest BCUT2D eigenvalue weighted by Crippen LogP contribution is 2.24. The number of hydrogen-bond acceptors (Lipinski definition) is 4. The third kappa shape index (κ3) is 2.19. The largest absolute Gasteiger partial charge is 0.372 e. The summed E-state index contributed by atoms with van der Waals surface area (Å²) in [6.45, 7) is 2.02. The molecule has 1 aromatic heterocycles. The van der Waals surface area contributed by atoms with Crippen LogP contribution in [-0.4, -0.2) is 22.2 Å². The predicted molar refractivity (Wildman–Crippen MR) is 67.2 cm³/mol. The third-order valence-corrected chi connectivity index (χ3v) is 2.75. The quantitative estimate of drug-likeness (QED) is 0.918. The van der Waals surface area contributed by atoms with E-state index < -0.39 is 0 Å². The van der Waals surface area contributed by atoms with Crippen LogP contribution in [0.2, 0.25) is 0 Å². The van der Waals surface area contributed by atoms with Crippen LogP contribution in [0.1, 0.15) is 5.56 Å². The van der Waals surface area contributed by atoms with E-state index in [1.807, 2.05) is 32.2 Å². The molecular formula is C11H11BrN4. The molecule has 1 N–H and O–H groups in total. The van der Waals surface area contributed by atoms with Gasteiger partial charge in [-0.05, 0) is 24.6 Å². The lowest BCUT2D eigenvalue weighted by Crippen LogP contribution is -1.99. The molecule has 4 nitrogen and oxygen atoms in total. The molecule has 0 aliphatic carbocycles. The number of aryl methyl sites for hydroxylation is 1. The first-order valence-electron chi connectivity index (χ1n) is 4.84. The number of hydrogen-bond donors (Lipinski definition) is 1. The minimum Gasteiger partial charge on any atom is -0.372 e. The molecule has 0 saturated heterocycles. The van der Waals surface area contributed by atoms with Gasteiger partial charge in [-0.1, -0.05) is 22.0 Å². The van der Waals surface area contributed by atoms with E-state index >= 15 is 0 Å². The summed E-state index contributed by atoms with van der Waals surface area (Å²) < 4.78 is 1.01. The maximum atomic E-state index is 4.36. The summed E-state index contributed by atoms with van der Waals surface area (Å²) in [5.41, 5.74) is 2.11. The summed E-state index contributed by atoms with van der Waals surface area (Å²) in [5, 5.41) is 10.9. The minimum atomic E-state index is 0.630. The Bertz CT molecular complexity index is 513. The van der Waals surface area contributed by atoms with Gasteiger partial charge in [0, 0.05) is 17.1 Å². The molecule has 0 unspecified atom stereocenters. The molecule has 1 heterocycles. The summed E-state index contributed by atoms with van der Waals surface area (Å²) in [7, 11) is 1.81. The summed E-state index contributed by atoms with van der Waals surface area (Å²) in [6, 6.07) is 6.01. The fourth-order valence-corrected chi connectivity index (χ4v) is 1.73. The first kappa shape index (κ1) is 11.0. The Morgan fingerprint density at radius 1 is 1.31 bits per heavy atom. The van der Waals surface area contributed by atoms with Crippen molar-refractivity contribution in [1.82, 2.24) is 15.2 Å². The highest BCUT2D eigenvalue weighted by molar-refractivity contribution is 9.10. The Kier molecular flexibility index (Phi) is 3.14. The summed E-state index contributed by atoms with van der Waals surface area (Å²) in [6.07, 6.45) is 1.59. The molecule has 0 saturated carbocycles. The number of benzene rings is 1. The molecule has 0 amide bonds. The highest BCUT2D eigenvalue weighted by Gasteiger charge is 2.07. The molecular weight excluding hydrogens is 268 g/mol. The second kappa shape index (κ2) is 4.57. The van der Waals surface area contributed by atoms with E-state index in [-0.39, 0.29) is 0 Å². The van der Waals surface area contributed by atoms with Gasteiger partial charge in [0.15, 0.2) is 5.82 Å². The van der Waals surface area contributed by atoms with E-state index in [0.717, 1.165) is 15.6 Å². The van der Waals surface area contributed by atoms with Gasteiger partial charge in [-0.2, -0.15) is 5.10 Å². The van der Waals surface area contributed by atoms with Gasteiger partial charge in [-0.3, -0.25) is 0 Å². The zero-order valence-corrected chi connectivity index (χ0v) is 10.6. The van der Waals surface area contributed by atoms with Gasteiger partial charge < -0.3 is 5.32 Å². The molecule has 0 spiro atoms. The fraction of sp³-hybridized carbons (Fsp3) is 0.182. The van der Waals surface area contributed by atoms with Gasteiger partial charge in [-0.25, -0.2) is 4.98 Å². The van der Waals surface area contributed by atoms with Crippen LogP contribution in [0.3, 0.4) is 0 Å². The Hall–Kier alpha value is -1.49. The van der Waals surface area contributed by atoms with Crippen molar-refractivity contribution < 1.29 is 0 Å². The van der Waals surface area contributed by atoms with E-state index in [1.165, 1.54) is 0 Å². The lowest BCUT2D eigenvalue weighted by Gasteiger charge is -2.05. The van der Waals surface area contributed by atoms with Crippen molar-refractivity contribution >= 4 is 21.7 Å². The van der Waals surface area contributed by atoms with Gasteiger partial charge in [0.1, 0.15) is 5.82 Å². The molecule has 0 atom stereocenters. The zero-order valence-electron chi connectivity index (χ0n) is 9.03. The molecule has 0 bridgehead atoms. The smallest absolute Gasteiger partial charge is 0.184 e. The van der Waals surface area contributed by atoms with Crippen LogP contribution < -0.4 is 5.32 Å². The molecule has 0 fully saturated rings. The molecule has 5 heteroatoms. The molecule has 1 aromatic carbocycles. The maximum Gasteiger partial charge on any atom is 0.184 e. The van der Waals surface area contributed by atoms with Gasteiger partial charge in [0.25, 0.3) is 0 Å². The van der Waals surface area contributed by atoms with E-state index in [1.54, 1.807) is 6.20 Å². The van der Waals surface area contributed by atoms with Gasteiger partial charge in [0.2, 0.25) is 0 Å². The molecule has 0 aliphatic rings. The van der Waals surface area contributed by atoms with Crippen molar-refractivity contribution in [3.63, 3.8) is 0 Å². The van der Waals surface area contributed by atoms with Crippen molar-refractivity contribution in [3.8, 4) is 11.4 Å². The lowest BCUT2D eigenvalue weighted by atomic mass is 10.1. The average Bonchev–Trinajstić information content (AvgIpc) is 2.32. The van der Waals surface area contributed by atoms with Gasteiger partial charge in [0.05, 0.1) is 6.20 Å². The zero-order chi connectivity index (χ0) is 11.5. The van der Waals surface area contributed by atoms with Crippen LogP contribution in [0, 0.1) is 6.92 Å². The second-order valence-electron chi connectivity index (χ2n) is 3.37. The van der Waals surface area contributed by atoms with Crippen molar-refractivity contribution in [2.45, 2.75) is 6.92 Å². The Labute approximate surface area is 102 Å².